The number of rotatable bonds is 4. The van der Waals surface area contributed by atoms with E-state index in [1.165, 1.54) is 6.07 Å². The van der Waals surface area contributed by atoms with Crippen molar-refractivity contribution in [1.29, 1.82) is 0 Å². The number of hydrogen-bond donors (Lipinski definition) is 1. The van der Waals surface area contributed by atoms with Crippen LogP contribution >= 0.6 is 11.3 Å². The Kier molecular flexibility index (Phi) is 4.18. The van der Waals surface area contributed by atoms with E-state index >= 15 is 0 Å². The summed E-state index contributed by atoms with van der Waals surface area (Å²) in [5.41, 5.74) is 5.83. The van der Waals surface area contributed by atoms with Gasteiger partial charge < -0.3 is 4.57 Å². The molecule has 0 bridgehead atoms. The largest absolute Gasteiger partial charge is 0.318 e. The minimum absolute atomic E-state index is 0.0721. The molecule has 0 aliphatic carbocycles. The molecule has 1 heterocycles. The van der Waals surface area contributed by atoms with E-state index in [9.17, 15) is 10.1 Å². The lowest BCUT2D eigenvalue weighted by Crippen LogP contribution is -2.16. The number of aryl methyl sites for hydroxylation is 2. The first-order valence-electron chi connectivity index (χ1n) is 7.26. The summed E-state index contributed by atoms with van der Waals surface area (Å²) in [7, 11) is 1.94. The summed E-state index contributed by atoms with van der Waals surface area (Å²) in [6, 6.07) is 13.0. The summed E-state index contributed by atoms with van der Waals surface area (Å²) in [6.45, 7) is 5.63. The Bertz CT molecular complexity index is 1020. The van der Waals surface area contributed by atoms with E-state index in [0.717, 1.165) is 15.0 Å². The molecule has 3 rings (SSSR count). The van der Waals surface area contributed by atoms with E-state index < -0.39 is 4.92 Å². The van der Waals surface area contributed by atoms with E-state index in [1.807, 2.05) is 35.9 Å². The Morgan fingerprint density at radius 3 is 2.79 bits per heavy atom. The molecule has 0 saturated heterocycles. The number of nitro benzene ring substituents is 1. The van der Waals surface area contributed by atoms with Gasteiger partial charge in [-0.2, -0.15) is 0 Å². The number of para-hydroxylation sites is 1. The molecule has 0 amide bonds. The zero-order chi connectivity index (χ0) is 17.3. The Morgan fingerprint density at radius 1 is 1.33 bits per heavy atom. The fourth-order valence-corrected chi connectivity index (χ4v) is 3.34. The van der Waals surface area contributed by atoms with E-state index in [1.54, 1.807) is 30.4 Å². The highest BCUT2D eigenvalue weighted by molar-refractivity contribution is 7.16. The van der Waals surface area contributed by atoms with E-state index in [-0.39, 0.29) is 5.69 Å². The maximum atomic E-state index is 11.1. The number of thiazole rings is 1. The van der Waals surface area contributed by atoms with E-state index in [4.69, 9.17) is 0 Å². The second kappa shape index (κ2) is 6.29. The molecule has 2 aromatic carbocycles. The molecule has 0 saturated carbocycles. The molecule has 3 aromatic rings. The second-order valence-electron chi connectivity index (χ2n) is 5.37. The Hall–Kier alpha value is -2.93. The van der Waals surface area contributed by atoms with Crippen LogP contribution in [0.15, 0.2) is 54.1 Å². The van der Waals surface area contributed by atoms with Gasteiger partial charge in [-0.1, -0.05) is 42.2 Å². The topological polar surface area (TPSA) is 72.5 Å². The second-order valence-corrected chi connectivity index (χ2v) is 6.38. The van der Waals surface area contributed by atoms with Gasteiger partial charge in [0.1, 0.15) is 0 Å². The third kappa shape index (κ3) is 2.93. The number of benzene rings is 2. The molecule has 24 heavy (non-hydrogen) atoms. The van der Waals surface area contributed by atoms with Crippen LogP contribution in [-0.4, -0.2) is 9.49 Å². The molecule has 0 spiro atoms. The molecule has 0 radical (unpaired) electrons. The highest BCUT2D eigenvalue weighted by Gasteiger charge is 2.12. The summed E-state index contributed by atoms with van der Waals surface area (Å²) >= 11 is 1.56. The molecular weight excluding hydrogens is 324 g/mol. The van der Waals surface area contributed by atoms with Gasteiger partial charge in [0.25, 0.3) is 5.69 Å². The van der Waals surface area contributed by atoms with Crippen LogP contribution in [0.2, 0.25) is 0 Å². The lowest BCUT2D eigenvalue weighted by molar-refractivity contribution is -0.385. The summed E-state index contributed by atoms with van der Waals surface area (Å²) in [5, 5.41) is 15.4. The van der Waals surface area contributed by atoms with Gasteiger partial charge in [0.15, 0.2) is 0 Å². The molecule has 122 valence electrons. The molecule has 0 aliphatic rings. The third-order valence-electron chi connectivity index (χ3n) is 3.76. The van der Waals surface area contributed by atoms with Gasteiger partial charge >= 0.3 is 0 Å². The molecule has 7 heteroatoms. The van der Waals surface area contributed by atoms with Crippen LogP contribution in [0, 0.1) is 17.0 Å². The lowest BCUT2D eigenvalue weighted by Gasteiger charge is -2.06. The summed E-state index contributed by atoms with van der Waals surface area (Å²) in [6.07, 6.45) is 0. The van der Waals surface area contributed by atoms with Gasteiger partial charge in [0, 0.05) is 24.2 Å². The van der Waals surface area contributed by atoms with Crippen molar-refractivity contribution in [1.82, 2.24) is 9.99 Å². The summed E-state index contributed by atoms with van der Waals surface area (Å²) in [4.78, 5) is 11.4. The number of hydrogen-bond acceptors (Lipinski definition) is 5. The zero-order valence-electron chi connectivity index (χ0n) is 13.3. The molecule has 1 N–H and O–H groups in total. The highest BCUT2D eigenvalue weighted by Crippen LogP contribution is 2.22. The molecular formula is C17H16N4O2S. The van der Waals surface area contributed by atoms with Crippen molar-refractivity contribution in [2.75, 3.05) is 0 Å². The van der Waals surface area contributed by atoms with Crippen molar-refractivity contribution in [3.05, 3.63) is 75.1 Å². The van der Waals surface area contributed by atoms with E-state index in [2.05, 4.69) is 17.1 Å². The molecule has 0 fully saturated rings. The summed E-state index contributed by atoms with van der Waals surface area (Å²) in [5.74, 6) is 0. The van der Waals surface area contributed by atoms with Gasteiger partial charge in [-0.3, -0.25) is 15.5 Å². The zero-order valence-corrected chi connectivity index (χ0v) is 14.1. The maximum absolute atomic E-state index is 11.1. The first-order chi connectivity index (χ1) is 11.5. The smallest absolute Gasteiger partial charge is 0.272 e. The van der Waals surface area contributed by atoms with Crippen molar-refractivity contribution in [3.63, 3.8) is 0 Å². The third-order valence-corrected chi connectivity index (χ3v) is 4.87. The predicted molar refractivity (Wildman–Crippen MR) is 96.4 cm³/mol. The van der Waals surface area contributed by atoms with Crippen molar-refractivity contribution < 1.29 is 4.92 Å². The Morgan fingerprint density at radius 2 is 2.08 bits per heavy atom. The van der Waals surface area contributed by atoms with Crippen LogP contribution in [0.1, 0.15) is 11.1 Å². The van der Waals surface area contributed by atoms with Crippen LogP contribution in [-0.2, 0) is 7.05 Å². The van der Waals surface area contributed by atoms with Crippen LogP contribution in [0.3, 0.4) is 0 Å². The number of nitrogens with one attached hydrogen (secondary N) is 1. The van der Waals surface area contributed by atoms with Crippen LogP contribution in [0.25, 0.3) is 15.9 Å². The van der Waals surface area contributed by atoms with Crippen LogP contribution in [0.5, 0.6) is 0 Å². The maximum Gasteiger partial charge on any atom is 0.272 e. The molecule has 6 nitrogen and oxygen atoms in total. The average Bonchev–Trinajstić information content (AvgIpc) is 2.89. The lowest BCUT2D eigenvalue weighted by atomic mass is 10.1. The van der Waals surface area contributed by atoms with E-state index in [0.29, 0.717) is 16.8 Å². The molecule has 0 atom stereocenters. The SMILES string of the molecule is C=C(N/N=c1\sc2ccccc2n1C)c1ccc(C)c([N+](=O)[O-])c1. The number of nitrogens with zero attached hydrogens (tertiary/aromatic N) is 3. The first kappa shape index (κ1) is 15.9. The van der Waals surface area contributed by atoms with Crippen LogP contribution < -0.4 is 10.2 Å². The van der Waals surface area contributed by atoms with Gasteiger partial charge in [-0.25, -0.2) is 0 Å². The average molecular weight is 340 g/mol. The van der Waals surface area contributed by atoms with Crippen molar-refractivity contribution in [2.24, 2.45) is 12.1 Å². The monoisotopic (exact) mass is 340 g/mol. The molecule has 1 aromatic heterocycles. The molecule has 0 unspecified atom stereocenters. The fourth-order valence-electron chi connectivity index (χ4n) is 2.36. The van der Waals surface area contributed by atoms with Gasteiger partial charge in [-0.05, 0) is 19.1 Å². The van der Waals surface area contributed by atoms with Gasteiger partial charge in [0.05, 0.1) is 20.8 Å². The van der Waals surface area contributed by atoms with Crippen molar-refractivity contribution in [2.45, 2.75) is 6.92 Å². The Balaban J connectivity index is 1.91. The predicted octanol–water partition coefficient (Wildman–Crippen LogP) is 3.53. The first-order valence-corrected chi connectivity index (χ1v) is 8.07. The van der Waals surface area contributed by atoms with Gasteiger partial charge in [-0.15, -0.1) is 5.10 Å². The van der Waals surface area contributed by atoms with Crippen LogP contribution in [0.4, 0.5) is 5.69 Å². The Labute approximate surface area is 142 Å². The standard InChI is InChI=1S/C17H16N4O2S/c1-11-8-9-13(10-15(11)21(22)23)12(2)18-19-17-20(3)14-6-4-5-7-16(14)24-17/h4-10,18H,2H2,1,3H3/b19-17-. The quantitative estimate of drug-likeness (QED) is 0.583. The number of nitro groups is 1. The summed E-state index contributed by atoms with van der Waals surface area (Å²) < 4.78 is 3.12. The minimum atomic E-state index is -0.394. The van der Waals surface area contributed by atoms with Crippen molar-refractivity contribution in [3.8, 4) is 0 Å². The van der Waals surface area contributed by atoms with Crippen molar-refractivity contribution >= 4 is 32.9 Å². The minimum Gasteiger partial charge on any atom is -0.318 e. The normalized spacial score (nSPS) is 11.7. The molecule has 0 aliphatic heterocycles. The van der Waals surface area contributed by atoms with Gasteiger partial charge in [0.2, 0.25) is 4.80 Å². The fraction of sp³-hybridized carbons (Fsp3) is 0.118. The highest BCUT2D eigenvalue weighted by atomic mass is 32.1. The number of aromatic nitrogens is 1. The number of fused-ring (bicyclic) bond motifs is 1.